The fraction of sp³-hybridized carbons (Fsp3) is 0.375. The number of hydrogen-bond acceptors (Lipinski definition) is 5. The van der Waals surface area contributed by atoms with Gasteiger partial charge in [0, 0.05) is 27.2 Å². The predicted molar refractivity (Wildman–Crippen MR) is 159 cm³/mol. The molecule has 2 fully saturated rings. The summed E-state index contributed by atoms with van der Waals surface area (Å²) < 4.78 is 5.77. The van der Waals surface area contributed by atoms with Crippen molar-refractivity contribution < 1.29 is 14.6 Å². The first-order chi connectivity index (χ1) is 19.4. The number of benzene rings is 3. The second-order valence-electron chi connectivity index (χ2n) is 11.4. The Morgan fingerprint density at radius 3 is 2.52 bits per heavy atom. The second kappa shape index (κ2) is 11.2. The van der Waals surface area contributed by atoms with E-state index in [2.05, 4.69) is 58.5 Å². The Kier molecular flexibility index (Phi) is 7.53. The third kappa shape index (κ3) is 5.33. The molecule has 0 aliphatic carbocycles. The van der Waals surface area contributed by atoms with Crippen LogP contribution < -0.4 is 10.2 Å². The molecule has 3 heterocycles. The Morgan fingerprint density at radius 2 is 1.82 bits per heavy atom. The van der Waals surface area contributed by atoms with E-state index in [1.165, 1.54) is 0 Å². The van der Waals surface area contributed by atoms with Crippen molar-refractivity contribution in [2.24, 2.45) is 5.92 Å². The van der Waals surface area contributed by atoms with Crippen LogP contribution in [0.25, 0.3) is 22.2 Å². The molecule has 2 aliphatic rings. The van der Waals surface area contributed by atoms with Crippen molar-refractivity contribution in [2.75, 3.05) is 18.1 Å². The molecule has 2 aliphatic heterocycles. The number of aliphatic hydroxyl groups is 1. The molecule has 7 nitrogen and oxygen atoms in total. The summed E-state index contributed by atoms with van der Waals surface area (Å²) in [6.07, 6.45) is 1.97. The van der Waals surface area contributed by atoms with E-state index in [1.807, 2.05) is 42.5 Å². The lowest BCUT2D eigenvalue weighted by Gasteiger charge is -2.48. The molecule has 3 aromatic carbocycles. The number of nitrogens with zero attached hydrogens (tertiary/aromatic N) is 2. The summed E-state index contributed by atoms with van der Waals surface area (Å²) in [5.41, 5.74) is 5.28. The topological polar surface area (TPSA) is 90.5 Å². The quantitative estimate of drug-likeness (QED) is 0.254. The zero-order valence-electron chi connectivity index (χ0n) is 22.8. The predicted octanol–water partition coefficient (Wildman–Crippen LogP) is 6.13. The molecule has 1 amide bonds. The van der Waals surface area contributed by atoms with Gasteiger partial charge in [0.1, 0.15) is 0 Å². The van der Waals surface area contributed by atoms with E-state index >= 15 is 0 Å². The van der Waals surface area contributed by atoms with Gasteiger partial charge in [0.15, 0.2) is 0 Å². The summed E-state index contributed by atoms with van der Waals surface area (Å²) in [5, 5.41) is 22.7. The van der Waals surface area contributed by atoms with Crippen LogP contribution in [0.15, 0.2) is 66.7 Å². The van der Waals surface area contributed by atoms with Crippen molar-refractivity contribution in [1.82, 2.24) is 15.5 Å². The SMILES string of the molecule is CC(C)C[C@H](NC(=O)c1ccc2[nH]nc(-c3ccc(N4[C@@H]5COC[C@H]4C[C@H](O)C5)cc3)c2c1)c1ccccc1Cl. The number of rotatable bonds is 7. The number of H-pyrrole nitrogens is 1. The van der Waals surface area contributed by atoms with Crippen LogP contribution in [0.4, 0.5) is 5.69 Å². The molecule has 4 aromatic rings. The van der Waals surface area contributed by atoms with Gasteiger partial charge in [0.05, 0.1) is 48.7 Å². The van der Waals surface area contributed by atoms with Gasteiger partial charge in [-0.1, -0.05) is 55.8 Å². The molecule has 8 heteroatoms. The lowest BCUT2D eigenvalue weighted by atomic mass is 9.91. The molecule has 2 saturated heterocycles. The summed E-state index contributed by atoms with van der Waals surface area (Å²) in [6, 6.07) is 21.9. The first-order valence-corrected chi connectivity index (χ1v) is 14.4. The van der Waals surface area contributed by atoms with Crippen molar-refractivity contribution in [2.45, 2.75) is 57.3 Å². The molecule has 40 heavy (non-hydrogen) atoms. The molecule has 0 spiro atoms. The maximum atomic E-state index is 13.5. The van der Waals surface area contributed by atoms with Gasteiger partial charge in [-0.3, -0.25) is 9.89 Å². The van der Waals surface area contributed by atoms with Crippen LogP contribution >= 0.6 is 11.6 Å². The van der Waals surface area contributed by atoms with E-state index in [9.17, 15) is 9.90 Å². The van der Waals surface area contributed by atoms with E-state index < -0.39 is 0 Å². The van der Waals surface area contributed by atoms with Crippen molar-refractivity contribution >= 4 is 34.1 Å². The van der Waals surface area contributed by atoms with Gasteiger partial charge >= 0.3 is 0 Å². The average molecular weight is 559 g/mol. The molecular formula is C32H35ClN4O3. The van der Waals surface area contributed by atoms with Gasteiger partial charge in [-0.2, -0.15) is 5.10 Å². The average Bonchev–Trinajstić information content (AvgIpc) is 3.36. The number of halogens is 1. The van der Waals surface area contributed by atoms with Crippen LogP contribution in [0.3, 0.4) is 0 Å². The number of aromatic nitrogens is 2. The molecule has 1 aromatic heterocycles. The van der Waals surface area contributed by atoms with E-state index in [4.69, 9.17) is 16.3 Å². The Labute approximate surface area is 239 Å². The zero-order chi connectivity index (χ0) is 27.8. The number of carbonyl (C=O) groups excluding carboxylic acids is 1. The molecule has 0 saturated carbocycles. The second-order valence-corrected chi connectivity index (χ2v) is 11.8. The van der Waals surface area contributed by atoms with Crippen LogP contribution in [0, 0.1) is 5.92 Å². The van der Waals surface area contributed by atoms with E-state index in [-0.39, 0.29) is 30.1 Å². The number of amides is 1. The standard InChI is InChI=1S/C32H35ClN4O3/c1-19(2)13-30(26-5-3-4-6-28(26)33)34-32(39)21-9-12-29-27(14-21)31(36-35-29)20-7-10-22(11-8-20)37-23-15-25(38)16-24(37)18-40-17-23/h3-12,14,19,23-25,30,38H,13,15-18H2,1-2H3,(H,34,39)(H,35,36)/t23-,24+,25+,30-/m0/s1. The number of anilines is 1. The highest BCUT2D eigenvalue weighted by Gasteiger charge is 2.38. The highest BCUT2D eigenvalue weighted by molar-refractivity contribution is 6.31. The Hall–Kier alpha value is -3.39. The lowest BCUT2D eigenvalue weighted by Crippen LogP contribution is -2.58. The maximum absolute atomic E-state index is 13.5. The van der Waals surface area contributed by atoms with E-state index in [1.54, 1.807) is 0 Å². The van der Waals surface area contributed by atoms with Crippen LogP contribution in [0.1, 0.15) is 55.1 Å². The number of fused-ring (bicyclic) bond motifs is 3. The maximum Gasteiger partial charge on any atom is 0.251 e. The summed E-state index contributed by atoms with van der Waals surface area (Å²) in [6.45, 7) is 5.55. The number of nitrogens with one attached hydrogen (secondary N) is 2. The zero-order valence-corrected chi connectivity index (χ0v) is 23.6. The van der Waals surface area contributed by atoms with E-state index in [0.29, 0.717) is 29.7 Å². The number of ether oxygens (including phenoxy) is 1. The third-order valence-corrected chi connectivity index (χ3v) is 8.40. The van der Waals surface area contributed by atoms with Crippen LogP contribution in [0.5, 0.6) is 0 Å². The van der Waals surface area contributed by atoms with Gasteiger partial charge in [-0.25, -0.2) is 0 Å². The van der Waals surface area contributed by atoms with Crippen LogP contribution in [-0.4, -0.2) is 52.6 Å². The minimum Gasteiger partial charge on any atom is -0.393 e. The molecule has 0 radical (unpaired) electrons. The number of aromatic amines is 1. The smallest absolute Gasteiger partial charge is 0.251 e. The molecule has 4 atom stereocenters. The van der Waals surface area contributed by atoms with Gasteiger partial charge in [-0.05, 0) is 67.1 Å². The first kappa shape index (κ1) is 26.8. The number of hydrogen-bond donors (Lipinski definition) is 3. The largest absolute Gasteiger partial charge is 0.393 e. The summed E-state index contributed by atoms with van der Waals surface area (Å²) in [7, 11) is 0. The first-order valence-electron chi connectivity index (χ1n) is 14.1. The summed E-state index contributed by atoms with van der Waals surface area (Å²) in [5.74, 6) is 0.241. The highest BCUT2D eigenvalue weighted by atomic mass is 35.5. The van der Waals surface area contributed by atoms with E-state index in [0.717, 1.165) is 52.7 Å². The fourth-order valence-corrected chi connectivity index (χ4v) is 6.48. The molecule has 2 bridgehead atoms. The normalized spacial score (nSPS) is 21.5. The number of carbonyl (C=O) groups is 1. The van der Waals surface area contributed by atoms with Crippen molar-refractivity contribution in [3.8, 4) is 11.3 Å². The van der Waals surface area contributed by atoms with Gasteiger partial charge in [0.2, 0.25) is 0 Å². The molecule has 6 rings (SSSR count). The monoisotopic (exact) mass is 558 g/mol. The number of aliphatic hydroxyl groups excluding tert-OH is 1. The Balaban J connectivity index is 1.25. The Morgan fingerprint density at radius 1 is 1.10 bits per heavy atom. The summed E-state index contributed by atoms with van der Waals surface area (Å²) in [4.78, 5) is 15.9. The highest BCUT2D eigenvalue weighted by Crippen LogP contribution is 2.35. The van der Waals surface area contributed by atoms with Crippen molar-refractivity contribution in [3.63, 3.8) is 0 Å². The minimum atomic E-state index is -0.262. The van der Waals surface area contributed by atoms with Crippen molar-refractivity contribution in [3.05, 3.63) is 82.9 Å². The number of piperidine rings is 1. The molecule has 208 valence electrons. The third-order valence-electron chi connectivity index (χ3n) is 8.05. The molecule has 3 N–H and O–H groups in total. The molecular weight excluding hydrogens is 524 g/mol. The number of morpholine rings is 1. The van der Waals surface area contributed by atoms with Crippen LogP contribution in [-0.2, 0) is 4.74 Å². The van der Waals surface area contributed by atoms with Gasteiger partial charge < -0.3 is 20.1 Å². The van der Waals surface area contributed by atoms with Gasteiger partial charge in [-0.15, -0.1) is 0 Å². The lowest BCUT2D eigenvalue weighted by molar-refractivity contribution is 0.00124. The van der Waals surface area contributed by atoms with Crippen LogP contribution in [0.2, 0.25) is 5.02 Å². The van der Waals surface area contributed by atoms with Gasteiger partial charge in [0.25, 0.3) is 5.91 Å². The Bertz CT molecular complexity index is 1490. The molecule has 0 unspecified atom stereocenters. The minimum absolute atomic E-state index is 0.143. The summed E-state index contributed by atoms with van der Waals surface area (Å²) >= 11 is 6.49. The van der Waals surface area contributed by atoms with Crippen molar-refractivity contribution in [1.29, 1.82) is 0 Å². The fourth-order valence-electron chi connectivity index (χ4n) is 6.21.